The van der Waals surface area contributed by atoms with Crippen molar-refractivity contribution in [3.8, 4) is 0 Å². The Bertz CT molecular complexity index is 733. The molecule has 0 aliphatic carbocycles. The molecule has 1 aromatic rings. The summed E-state index contributed by atoms with van der Waals surface area (Å²) in [5.74, 6) is -0.879. The summed E-state index contributed by atoms with van der Waals surface area (Å²) in [7, 11) is 0. The van der Waals surface area contributed by atoms with Crippen molar-refractivity contribution >= 4 is 21.9 Å². The molecule has 0 spiro atoms. The minimum absolute atomic E-state index is 0.102. The van der Waals surface area contributed by atoms with Crippen molar-refractivity contribution in [1.29, 1.82) is 0 Å². The molecule has 2 rings (SSSR count). The Morgan fingerprint density at radius 1 is 1.32 bits per heavy atom. The molecule has 0 aromatic carbocycles. The van der Waals surface area contributed by atoms with Gasteiger partial charge in [-0.1, -0.05) is 0 Å². The summed E-state index contributed by atoms with van der Waals surface area (Å²) in [5.41, 5.74) is -1.33. The van der Waals surface area contributed by atoms with E-state index < -0.39 is 54.5 Å². The summed E-state index contributed by atoms with van der Waals surface area (Å²) in [6.07, 6.45) is -6.81. The van der Waals surface area contributed by atoms with Gasteiger partial charge < -0.3 is 29.9 Å². The maximum atomic E-state index is 11.9. The number of halogens is 1. The highest BCUT2D eigenvalue weighted by Crippen LogP contribution is 2.22. The number of carbonyl (C=O) groups excluding carboxylic acids is 1. The second-order valence-corrected chi connectivity index (χ2v) is 6.22. The van der Waals surface area contributed by atoms with Crippen LogP contribution < -0.4 is 11.2 Å². The van der Waals surface area contributed by atoms with Crippen LogP contribution in [-0.4, -0.2) is 73.3 Å². The molecule has 5 N–H and O–H groups in total. The summed E-state index contributed by atoms with van der Waals surface area (Å²) >= 11 is 2.95. The van der Waals surface area contributed by atoms with Crippen LogP contribution >= 0.6 is 15.9 Å². The average Bonchev–Trinajstić information content (AvgIpc) is 2.57. The van der Waals surface area contributed by atoms with Gasteiger partial charge in [-0.3, -0.25) is 19.1 Å². The standard InChI is InChI=1S/C13H17BrN2O9/c14-5-3-16(13(23)15-11(5)21)2-1-7(18)25-10-9(20)8(19)6(4-17)24-12(10)22/h3,6,8-10,12,17,19-20,22H,1-2,4H2,(H,15,21,23)/t6-,8+,9+,10-,12?/m1/s1. The largest absolute Gasteiger partial charge is 0.454 e. The number of aromatic amines is 1. The minimum atomic E-state index is -1.73. The first kappa shape index (κ1) is 19.8. The molecule has 2 heterocycles. The second-order valence-electron chi connectivity index (χ2n) is 5.36. The lowest BCUT2D eigenvalue weighted by molar-refractivity contribution is -0.290. The van der Waals surface area contributed by atoms with Gasteiger partial charge in [0.15, 0.2) is 12.4 Å². The Kier molecular flexibility index (Phi) is 6.48. The number of H-pyrrole nitrogens is 1. The lowest BCUT2D eigenvalue weighted by Crippen LogP contribution is -2.59. The fourth-order valence-corrected chi connectivity index (χ4v) is 2.62. The third-order valence-electron chi connectivity index (χ3n) is 3.63. The number of rotatable bonds is 5. The molecule has 1 unspecified atom stereocenters. The highest BCUT2D eigenvalue weighted by atomic mass is 79.9. The number of ether oxygens (including phenoxy) is 2. The van der Waals surface area contributed by atoms with Crippen LogP contribution in [-0.2, 0) is 20.8 Å². The topological polar surface area (TPSA) is 171 Å². The van der Waals surface area contributed by atoms with E-state index in [1.807, 2.05) is 4.98 Å². The van der Waals surface area contributed by atoms with E-state index in [0.717, 1.165) is 4.57 Å². The zero-order valence-corrected chi connectivity index (χ0v) is 14.3. The number of nitrogens with zero attached hydrogens (tertiary/aromatic N) is 1. The Balaban J connectivity index is 1.97. The summed E-state index contributed by atoms with van der Waals surface area (Å²) < 4.78 is 10.9. The number of hydrogen-bond acceptors (Lipinski definition) is 9. The Morgan fingerprint density at radius 3 is 2.64 bits per heavy atom. The van der Waals surface area contributed by atoms with Gasteiger partial charge in [0.1, 0.15) is 18.3 Å². The molecule has 0 bridgehead atoms. The quantitative estimate of drug-likeness (QED) is 0.309. The highest BCUT2D eigenvalue weighted by Gasteiger charge is 2.45. The third kappa shape index (κ3) is 4.54. The van der Waals surface area contributed by atoms with Crippen molar-refractivity contribution in [2.24, 2.45) is 0 Å². The molecular weight excluding hydrogens is 408 g/mol. The predicted molar refractivity (Wildman–Crippen MR) is 83.5 cm³/mol. The number of aliphatic hydroxyl groups excluding tert-OH is 4. The summed E-state index contributed by atoms with van der Waals surface area (Å²) in [6.45, 7) is -0.769. The van der Waals surface area contributed by atoms with E-state index in [1.54, 1.807) is 0 Å². The molecular formula is C13H17BrN2O9. The van der Waals surface area contributed by atoms with Crippen LogP contribution in [0.15, 0.2) is 20.3 Å². The van der Waals surface area contributed by atoms with Crippen LogP contribution in [0.4, 0.5) is 0 Å². The maximum Gasteiger partial charge on any atom is 0.328 e. The third-order valence-corrected chi connectivity index (χ3v) is 4.20. The van der Waals surface area contributed by atoms with E-state index in [9.17, 15) is 29.7 Å². The van der Waals surface area contributed by atoms with Crippen molar-refractivity contribution in [2.75, 3.05) is 6.61 Å². The first-order valence-corrected chi connectivity index (χ1v) is 8.03. The van der Waals surface area contributed by atoms with Crippen LogP contribution in [0.5, 0.6) is 0 Å². The number of hydrogen-bond donors (Lipinski definition) is 5. The first-order valence-electron chi connectivity index (χ1n) is 7.24. The molecule has 0 amide bonds. The van der Waals surface area contributed by atoms with Crippen molar-refractivity contribution in [1.82, 2.24) is 9.55 Å². The minimum Gasteiger partial charge on any atom is -0.454 e. The van der Waals surface area contributed by atoms with Crippen molar-refractivity contribution in [3.63, 3.8) is 0 Å². The van der Waals surface area contributed by atoms with Crippen molar-refractivity contribution in [3.05, 3.63) is 31.5 Å². The van der Waals surface area contributed by atoms with Crippen LogP contribution in [0.3, 0.4) is 0 Å². The Hall–Kier alpha value is -1.57. The maximum absolute atomic E-state index is 11.9. The number of aryl methyl sites for hydroxylation is 1. The molecule has 1 aliphatic heterocycles. The Labute approximate surface area is 148 Å². The van der Waals surface area contributed by atoms with E-state index >= 15 is 0 Å². The van der Waals surface area contributed by atoms with Gasteiger partial charge in [-0.25, -0.2) is 4.79 Å². The van der Waals surface area contributed by atoms with Crippen molar-refractivity contribution < 1.29 is 34.7 Å². The van der Waals surface area contributed by atoms with Gasteiger partial charge in [0.25, 0.3) is 5.56 Å². The van der Waals surface area contributed by atoms with Gasteiger partial charge in [0.05, 0.1) is 17.5 Å². The summed E-state index contributed by atoms with van der Waals surface area (Å²) in [5, 5.41) is 38.3. The molecule has 1 fully saturated rings. The molecule has 25 heavy (non-hydrogen) atoms. The number of aliphatic hydroxyl groups is 4. The summed E-state index contributed by atoms with van der Waals surface area (Å²) in [6, 6.07) is 0. The zero-order valence-electron chi connectivity index (χ0n) is 12.7. The fraction of sp³-hybridized carbons (Fsp3) is 0.615. The molecule has 1 saturated heterocycles. The first-order chi connectivity index (χ1) is 11.7. The number of aromatic nitrogens is 2. The van der Waals surface area contributed by atoms with E-state index in [2.05, 4.69) is 15.9 Å². The van der Waals surface area contributed by atoms with Crippen LogP contribution in [0.1, 0.15) is 6.42 Å². The van der Waals surface area contributed by atoms with Crippen LogP contribution in [0.2, 0.25) is 0 Å². The lowest BCUT2D eigenvalue weighted by atomic mass is 9.99. The predicted octanol–water partition coefficient (Wildman–Crippen LogP) is -2.97. The smallest absolute Gasteiger partial charge is 0.328 e. The zero-order chi connectivity index (χ0) is 18.7. The number of carbonyl (C=O) groups is 1. The molecule has 12 heteroatoms. The van der Waals surface area contributed by atoms with Gasteiger partial charge in [0, 0.05) is 12.7 Å². The van der Waals surface area contributed by atoms with Gasteiger partial charge in [0.2, 0.25) is 0 Å². The highest BCUT2D eigenvalue weighted by molar-refractivity contribution is 9.10. The molecule has 0 saturated carbocycles. The van der Waals surface area contributed by atoms with E-state index in [1.165, 1.54) is 6.20 Å². The average molecular weight is 425 g/mol. The lowest BCUT2D eigenvalue weighted by Gasteiger charge is -2.39. The molecule has 1 aromatic heterocycles. The number of esters is 1. The van der Waals surface area contributed by atoms with Gasteiger partial charge in [-0.05, 0) is 15.9 Å². The van der Waals surface area contributed by atoms with E-state index in [-0.39, 0.29) is 17.4 Å². The second kappa shape index (κ2) is 8.21. The van der Waals surface area contributed by atoms with Gasteiger partial charge in [-0.15, -0.1) is 0 Å². The SMILES string of the molecule is O=C(CCn1cc(Br)c(=O)[nH]c1=O)O[C@H]1C(O)O[C@H](CO)[C@H](O)[C@@H]1O. The normalized spacial score (nSPS) is 29.4. The Morgan fingerprint density at radius 2 is 2.00 bits per heavy atom. The van der Waals surface area contributed by atoms with Gasteiger partial charge in [-0.2, -0.15) is 0 Å². The fourth-order valence-electron chi connectivity index (χ4n) is 2.27. The molecule has 140 valence electrons. The van der Waals surface area contributed by atoms with Crippen LogP contribution in [0.25, 0.3) is 0 Å². The molecule has 5 atom stereocenters. The molecule has 1 aliphatic rings. The van der Waals surface area contributed by atoms with Gasteiger partial charge >= 0.3 is 11.7 Å². The van der Waals surface area contributed by atoms with Crippen molar-refractivity contribution in [2.45, 2.75) is 43.7 Å². The van der Waals surface area contributed by atoms with E-state index in [0.29, 0.717) is 0 Å². The monoisotopic (exact) mass is 424 g/mol. The molecule has 0 radical (unpaired) electrons. The molecule has 11 nitrogen and oxygen atoms in total. The summed E-state index contributed by atoms with van der Waals surface area (Å²) in [4.78, 5) is 36.7. The van der Waals surface area contributed by atoms with E-state index in [4.69, 9.17) is 14.6 Å². The van der Waals surface area contributed by atoms with Crippen LogP contribution in [0, 0.1) is 0 Å². The number of nitrogens with one attached hydrogen (secondary N) is 1.